The van der Waals surface area contributed by atoms with Crippen LogP contribution in [0.4, 0.5) is 14.9 Å². The number of unbranched alkanes of at least 4 members (excludes halogenated alkanes) is 1. The van der Waals surface area contributed by atoms with Gasteiger partial charge in [0, 0.05) is 110 Å². The van der Waals surface area contributed by atoms with E-state index in [4.69, 9.17) is 86.5 Å². The normalized spacial score (nSPS) is 19.4. The van der Waals surface area contributed by atoms with E-state index in [0.717, 1.165) is 16.7 Å². The number of benzene rings is 4. The Morgan fingerprint density at radius 2 is 1.23 bits per heavy atom. The van der Waals surface area contributed by atoms with Crippen molar-refractivity contribution in [1.82, 2.24) is 51.1 Å². The van der Waals surface area contributed by atoms with Gasteiger partial charge in [-0.3, -0.25) is 33.6 Å². The van der Waals surface area contributed by atoms with Crippen LogP contribution in [-0.2, 0) is 154 Å². The number of aromatic nitrogens is 5. The van der Waals surface area contributed by atoms with Crippen molar-refractivity contribution in [3.05, 3.63) is 145 Å². The van der Waals surface area contributed by atoms with E-state index in [-0.39, 0.29) is 147 Å². The minimum Gasteiger partial charge on any atom is -0.479 e. The number of methoxy groups -OCH3 is 1. The van der Waals surface area contributed by atoms with Crippen molar-refractivity contribution in [3.63, 3.8) is 0 Å². The maximum Gasteiger partial charge on any atom is 0.407 e. The van der Waals surface area contributed by atoms with Gasteiger partial charge in [-0.25, -0.2) is 23.8 Å². The molecule has 0 radical (unpaired) electrons. The number of hydrogen-bond donors (Lipinski definition) is 11. The number of aliphatic hydroxyl groups excluding tert-OH is 3. The van der Waals surface area contributed by atoms with E-state index in [1.165, 1.54) is 34.9 Å². The van der Waals surface area contributed by atoms with Crippen LogP contribution in [0.25, 0.3) is 44.8 Å². The van der Waals surface area contributed by atoms with E-state index in [0.29, 0.717) is 215 Å². The SMILES string of the molecule is CC[C@@]1(O)C(=O)OCc2c1cc1n(c2=O)Cc2c-1nc1cc(F)c(C)c3c1c2[C@@H](NC(=O)OCc1ccc(O[C@@H]2O[C@H](C(=O)O)[C@@H](O)[C@H](O)[C@H]2O)c(CNC(=O)CCNC(=O)[C@@H](NC(=O)C2CC4(C2)CN(C(=O)CCCCC(=O)N2Cc5ccccc5-c5n[nH]nc5-c5ccccc52)C4)C(N)C(=O)CCOCCOCCOCCOCCOCCOCCOCCOCCOCCOCCOCCOC)c1)CC3. The summed E-state index contributed by atoms with van der Waals surface area (Å²) in [5.74, 6) is -6.95. The number of halogens is 1. The summed E-state index contributed by atoms with van der Waals surface area (Å²) in [5.41, 5.74) is 11.5. The Kier molecular flexibility index (Phi) is 39.0. The standard InChI is InChI=1S/C99H127FN12O31/c1-4-99(127)69-48-74-83-67(54-112(74)93(122)68(69)56-140-96(99)125)81-71(19-18-64-59(2)70(100)49-72(104-83)80(64)81)105-97(126)141-55-60-17-20-76(142-95-89(119)87(117)88(118)90(143-95)94(123)124)62(47-60)52-103-77(114)21-23-102-92(121)86(82(101)75(113)22-24-129-27-28-131-31-32-133-35-36-135-39-40-137-43-44-139-46-45-138-42-41-136-38-37-134-34-33-132-30-29-130-26-25-128-3)106-91(120)63-50-98(51-63)57-110(58-98)78(115)15-9-10-16-79(116)111-53-61-11-5-6-12-65(61)84-85(108-109-107-84)66-13-7-8-14-73(66)111/h5-8,11-14,17,20,47-49,63,71,82,86-90,95,117-119,127H,4,9-10,15-16,18-19,21-46,50-58,101H2,1-3H3,(H,102,121)(H,103,114)(H,105,126)(H,106,120)(H,123,124)(H,107,108,109)/t71-,82?,86-,87-,88-,89+,90-,95+,99-/m0/s1. The topological polar surface area (TPSA) is 560 Å². The minimum absolute atomic E-state index is 0.0424. The van der Waals surface area contributed by atoms with Crippen molar-refractivity contribution in [2.24, 2.45) is 17.1 Å². The third-order valence-electron chi connectivity index (χ3n) is 26.4. The van der Waals surface area contributed by atoms with Gasteiger partial charge in [0.15, 0.2) is 17.5 Å². The number of anilines is 1. The molecule has 12 N–H and O–H groups in total. The number of nitrogens with one attached hydrogen (secondary N) is 5. The summed E-state index contributed by atoms with van der Waals surface area (Å²) in [4.78, 5) is 146. The van der Waals surface area contributed by atoms with Crippen LogP contribution in [0, 0.1) is 24.1 Å². The zero-order chi connectivity index (χ0) is 101. The summed E-state index contributed by atoms with van der Waals surface area (Å²) in [6.45, 7) is 11.0. The number of amides is 6. The number of carboxylic acids is 1. The summed E-state index contributed by atoms with van der Waals surface area (Å²) >= 11 is 0. The fraction of sp³-hybridized carbons (Fsp3) is 0.566. The lowest BCUT2D eigenvalue weighted by molar-refractivity contribution is -0.271. The van der Waals surface area contributed by atoms with Crippen molar-refractivity contribution >= 4 is 69.9 Å². The van der Waals surface area contributed by atoms with Gasteiger partial charge in [-0.2, -0.15) is 15.4 Å². The molecule has 2 saturated heterocycles. The first-order chi connectivity index (χ1) is 69.3. The van der Waals surface area contributed by atoms with Crippen molar-refractivity contribution in [3.8, 4) is 39.7 Å². The lowest BCUT2D eigenvalue weighted by atomic mass is 9.57. The first-order valence-corrected chi connectivity index (χ1v) is 48.4. The molecule has 14 rings (SSSR count). The molecule has 1 saturated carbocycles. The number of likely N-dealkylation sites (tertiary alicyclic amines) is 1. The number of pyridine rings is 2. The second-order valence-corrected chi connectivity index (χ2v) is 35.9. The number of rotatable bonds is 58. The number of alkyl carbamates (subject to hydrolysis) is 1. The fourth-order valence-corrected chi connectivity index (χ4v) is 18.6. The zero-order valence-corrected chi connectivity index (χ0v) is 80.4. The quantitative estimate of drug-likeness (QED) is 0.0192. The Bertz CT molecular complexity index is 5640. The molecule has 8 heterocycles. The van der Waals surface area contributed by atoms with Crippen LogP contribution in [0.3, 0.4) is 0 Å². The maximum absolute atomic E-state index is 15.8. The molecule has 3 fully saturated rings. The van der Waals surface area contributed by atoms with Crippen LogP contribution in [0.15, 0.2) is 83.7 Å². The first-order valence-electron chi connectivity index (χ1n) is 48.4. The summed E-state index contributed by atoms with van der Waals surface area (Å²) in [6.07, 6.45) is -9.36. The number of carbonyl (C=O) groups excluding carboxylic acids is 8. The predicted molar refractivity (Wildman–Crippen MR) is 504 cm³/mol. The number of ether oxygens (including phenoxy) is 16. The number of aliphatic hydroxyl groups is 4. The molecule has 1 unspecified atom stereocenters. The molecule has 44 heteroatoms. The van der Waals surface area contributed by atoms with Crippen molar-refractivity contribution in [2.45, 2.75) is 172 Å². The molecule has 5 aliphatic heterocycles. The largest absolute Gasteiger partial charge is 0.479 e. The molecule has 3 aromatic heterocycles. The van der Waals surface area contributed by atoms with Crippen molar-refractivity contribution in [1.29, 1.82) is 0 Å². The smallest absolute Gasteiger partial charge is 0.407 e. The monoisotopic (exact) mass is 2000 g/mol. The van der Waals surface area contributed by atoms with Crippen LogP contribution < -0.4 is 42.2 Å². The van der Waals surface area contributed by atoms with Gasteiger partial charge < -0.3 is 143 Å². The van der Waals surface area contributed by atoms with E-state index in [9.17, 15) is 73.5 Å². The van der Waals surface area contributed by atoms with Gasteiger partial charge in [-0.05, 0) is 104 Å². The Morgan fingerprint density at radius 3 is 1.84 bits per heavy atom. The van der Waals surface area contributed by atoms with Crippen LogP contribution in [0.1, 0.15) is 127 Å². The molecule has 9 atom stereocenters. The molecule has 1 spiro atoms. The molecular weight excluding hydrogens is 1870 g/mol. The van der Waals surface area contributed by atoms with Crippen LogP contribution >= 0.6 is 0 Å². The number of esters is 1. The molecule has 2 aliphatic carbocycles. The van der Waals surface area contributed by atoms with Gasteiger partial charge in [0.05, 0.1) is 205 Å². The Hall–Kier alpha value is -11.4. The minimum atomic E-state index is -2.13. The van der Waals surface area contributed by atoms with E-state index in [1.807, 2.05) is 48.5 Å². The number of nitrogens with two attached hydrogens (primary N) is 1. The van der Waals surface area contributed by atoms with Crippen LogP contribution in [0.2, 0.25) is 0 Å². The fourth-order valence-electron chi connectivity index (χ4n) is 18.6. The number of fused-ring (bicyclic) bond motifs is 10. The average molecular weight is 2000 g/mol. The Labute approximate surface area is 823 Å². The lowest BCUT2D eigenvalue weighted by Gasteiger charge is -2.58. The molecule has 0 bridgehead atoms. The van der Waals surface area contributed by atoms with Crippen molar-refractivity contribution < 1.29 is 149 Å². The van der Waals surface area contributed by atoms with E-state index in [2.05, 4.69) is 36.7 Å². The summed E-state index contributed by atoms with van der Waals surface area (Å²) < 4.78 is 106. The number of aromatic amines is 1. The number of cyclic esters (lactones) is 1. The van der Waals surface area contributed by atoms with Crippen LogP contribution in [0.5, 0.6) is 5.75 Å². The predicted octanol–water partition coefficient (Wildman–Crippen LogP) is 3.23. The molecule has 43 nitrogen and oxygen atoms in total. The second kappa shape index (κ2) is 51.9. The number of ketones is 1. The average Bonchev–Trinajstić information content (AvgIpc) is 1.58. The Morgan fingerprint density at radius 1 is 0.650 bits per heavy atom. The molecule has 143 heavy (non-hydrogen) atoms. The summed E-state index contributed by atoms with van der Waals surface area (Å²) in [5, 5.41) is 76.9. The van der Waals surface area contributed by atoms with Gasteiger partial charge in [-0.15, -0.1) is 0 Å². The Balaban J connectivity index is 0.540. The molecule has 7 aromatic rings. The summed E-state index contributed by atoms with van der Waals surface area (Å²) in [7, 11) is 1.62. The van der Waals surface area contributed by atoms with E-state index >= 15 is 4.39 Å². The number of hydrogen-bond acceptors (Lipinski definition) is 34. The highest BCUT2D eigenvalue weighted by atomic mass is 19.1. The number of H-pyrrole nitrogens is 1. The molecular formula is C99H127FN12O31. The number of Topliss-reactive ketones (excluding diaryl/α,β-unsaturated/α-hetero) is 1. The van der Waals surface area contributed by atoms with Gasteiger partial charge in [0.1, 0.15) is 60.5 Å². The highest BCUT2D eigenvalue weighted by Crippen LogP contribution is 2.53. The highest BCUT2D eigenvalue weighted by molar-refractivity contribution is 6.01. The zero-order valence-electron chi connectivity index (χ0n) is 80.4. The third kappa shape index (κ3) is 27.1. The van der Waals surface area contributed by atoms with Gasteiger partial charge in [-0.1, -0.05) is 55.5 Å². The van der Waals surface area contributed by atoms with Gasteiger partial charge in [0.2, 0.25) is 35.8 Å². The number of aryl methyl sites for hydroxylation is 1. The maximum atomic E-state index is 15.8. The van der Waals surface area contributed by atoms with Gasteiger partial charge in [0.25, 0.3) is 5.56 Å². The van der Waals surface area contributed by atoms with Crippen LogP contribution in [-0.4, -0.2) is 330 Å². The third-order valence-corrected chi connectivity index (χ3v) is 26.4. The highest BCUT2D eigenvalue weighted by Gasteiger charge is 2.56. The van der Waals surface area contributed by atoms with E-state index in [1.54, 1.807) is 30.8 Å². The number of para-hydroxylation sites is 1. The summed E-state index contributed by atoms with van der Waals surface area (Å²) in [6, 6.07) is 18.2. The van der Waals surface area contributed by atoms with Crippen molar-refractivity contribution in [2.75, 3.05) is 184 Å². The number of aliphatic carboxylic acids is 1. The van der Waals surface area contributed by atoms with Gasteiger partial charge >= 0.3 is 18.0 Å². The molecule has 776 valence electrons. The number of carboxylic acid groups (broad SMARTS) is 1. The number of carbonyl (C=O) groups is 9. The first kappa shape index (κ1) is 107. The second-order valence-electron chi connectivity index (χ2n) is 35.9. The molecule has 4 aromatic carbocycles. The molecule has 6 amide bonds. The lowest BCUT2D eigenvalue weighted by Crippen LogP contribution is -2.66. The molecule has 7 aliphatic rings. The number of nitrogens with zero attached hydrogens (tertiary/aromatic N) is 6. The van der Waals surface area contributed by atoms with E-state index < -0.39 is 133 Å².